The Labute approximate surface area is 259 Å². The smallest absolute Gasteiger partial charge is 0.0555 e. The predicted octanol–water partition coefficient (Wildman–Crippen LogP) is 12.2. The van der Waals surface area contributed by atoms with Crippen molar-refractivity contribution in [3.63, 3.8) is 0 Å². The Morgan fingerprint density at radius 2 is 0.909 bits per heavy atom. The van der Waals surface area contributed by atoms with Crippen molar-refractivity contribution in [2.75, 3.05) is 0 Å². The van der Waals surface area contributed by atoms with Crippen LogP contribution in [0.25, 0.3) is 81.0 Å². The summed E-state index contributed by atoms with van der Waals surface area (Å²) in [7, 11) is 0. The topological polar surface area (TPSA) is 4.93 Å². The van der Waals surface area contributed by atoms with Crippen LogP contribution in [0.15, 0.2) is 164 Å². The molecule has 0 aliphatic heterocycles. The number of rotatable bonds is 4. The lowest BCUT2D eigenvalue weighted by molar-refractivity contribution is 1.20. The number of thiophene rings is 1. The Hall–Kier alpha value is -5.44. The van der Waals surface area contributed by atoms with Crippen LogP contribution in [0.1, 0.15) is 0 Å². The molecule has 0 saturated carbocycles. The van der Waals surface area contributed by atoms with Crippen LogP contribution in [0.2, 0.25) is 0 Å². The van der Waals surface area contributed by atoms with Crippen LogP contribution < -0.4 is 0 Å². The quantitative estimate of drug-likeness (QED) is 0.196. The first-order valence-corrected chi connectivity index (χ1v) is 15.8. The van der Waals surface area contributed by atoms with Crippen molar-refractivity contribution in [3.05, 3.63) is 164 Å². The van der Waals surface area contributed by atoms with Crippen LogP contribution in [0.4, 0.5) is 0 Å². The second-order valence-electron chi connectivity index (χ2n) is 11.4. The van der Waals surface area contributed by atoms with Crippen LogP contribution in [0, 0.1) is 0 Å². The molecule has 7 aromatic carbocycles. The fourth-order valence-corrected chi connectivity index (χ4v) is 7.87. The standard InChI is InChI=1S/C42H27NS/c1-3-12-28(13-4-1)31-24-32(29-14-5-2-6-15-29)26-33(25-31)30-22-23-35-34-16-7-9-18-37(34)43(39(35)27-30)38-19-11-21-41-42(38)36-17-8-10-20-40(36)44-41/h1-27H. The number of hydrogen-bond acceptors (Lipinski definition) is 1. The maximum atomic E-state index is 2.48. The number of nitrogens with zero attached hydrogens (tertiary/aromatic N) is 1. The van der Waals surface area contributed by atoms with Gasteiger partial charge in [-0.2, -0.15) is 0 Å². The predicted molar refractivity (Wildman–Crippen MR) is 190 cm³/mol. The van der Waals surface area contributed by atoms with Gasteiger partial charge < -0.3 is 4.57 Å². The van der Waals surface area contributed by atoms with Crippen LogP contribution >= 0.6 is 11.3 Å². The maximum Gasteiger partial charge on any atom is 0.0555 e. The van der Waals surface area contributed by atoms with Crippen molar-refractivity contribution >= 4 is 53.3 Å². The first-order valence-electron chi connectivity index (χ1n) is 15.0. The summed E-state index contributed by atoms with van der Waals surface area (Å²) in [6.45, 7) is 0. The second kappa shape index (κ2) is 10.1. The number of fused-ring (bicyclic) bond motifs is 6. The molecule has 0 aliphatic rings. The molecule has 0 amide bonds. The number of benzene rings is 7. The summed E-state index contributed by atoms with van der Waals surface area (Å²) in [5.74, 6) is 0. The Balaban J connectivity index is 1.33. The van der Waals surface area contributed by atoms with E-state index in [-0.39, 0.29) is 0 Å². The van der Waals surface area contributed by atoms with E-state index in [4.69, 9.17) is 0 Å². The van der Waals surface area contributed by atoms with Crippen LogP contribution in [0.5, 0.6) is 0 Å². The fourth-order valence-electron chi connectivity index (χ4n) is 6.74. The van der Waals surface area contributed by atoms with Crippen molar-refractivity contribution in [2.45, 2.75) is 0 Å². The molecule has 0 spiro atoms. The lowest BCUT2D eigenvalue weighted by Crippen LogP contribution is -1.95. The second-order valence-corrected chi connectivity index (χ2v) is 12.4. The summed E-state index contributed by atoms with van der Waals surface area (Å²) in [5.41, 5.74) is 11.0. The zero-order valence-corrected chi connectivity index (χ0v) is 24.8. The molecular weight excluding hydrogens is 551 g/mol. The molecule has 9 rings (SSSR count). The maximum absolute atomic E-state index is 2.48. The minimum Gasteiger partial charge on any atom is -0.309 e. The first kappa shape index (κ1) is 25.1. The van der Waals surface area contributed by atoms with Gasteiger partial charge in [0.2, 0.25) is 0 Å². The first-order chi connectivity index (χ1) is 21.8. The van der Waals surface area contributed by atoms with E-state index in [1.165, 1.54) is 81.0 Å². The summed E-state index contributed by atoms with van der Waals surface area (Å²) in [6, 6.07) is 59.7. The number of para-hydroxylation sites is 1. The molecule has 0 N–H and O–H groups in total. The van der Waals surface area contributed by atoms with Gasteiger partial charge in [-0.15, -0.1) is 11.3 Å². The van der Waals surface area contributed by atoms with E-state index >= 15 is 0 Å². The van der Waals surface area contributed by atoms with Gasteiger partial charge in [-0.3, -0.25) is 0 Å². The normalized spacial score (nSPS) is 11.6. The van der Waals surface area contributed by atoms with Gasteiger partial charge in [-0.25, -0.2) is 0 Å². The number of hydrogen-bond donors (Lipinski definition) is 0. The lowest BCUT2D eigenvalue weighted by atomic mass is 9.93. The van der Waals surface area contributed by atoms with Crippen LogP contribution in [0.3, 0.4) is 0 Å². The molecule has 2 heteroatoms. The minimum atomic E-state index is 1.21. The van der Waals surface area contributed by atoms with E-state index in [0.717, 1.165) is 0 Å². The van der Waals surface area contributed by atoms with Crippen molar-refractivity contribution in [3.8, 4) is 39.1 Å². The Kier molecular flexibility index (Phi) is 5.75. The van der Waals surface area contributed by atoms with Gasteiger partial charge in [0.05, 0.1) is 16.7 Å². The van der Waals surface area contributed by atoms with E-state index in [0.29, 0.717) is 0 Å². The minimum absolute atomic E-state index is 1.21. The third-order valence-corrected chi connectivity index (χ3v) is 9.91. The molecule has 1 nitrogen and oxygen atoms in total. The third-order valence-electron chi connectivity index (χ3n) is 8.78. The summed E-state index contributed by atoms with van der Waals surface area (Å²) in [6.07, 6.45) is 0. The lowest BCUT2D eigenvalue weighted by Gasteiger charge is -2.13. The zero-order valence-electron chi connectivity index (χ0n) is 23.9. The highest BCUT2D eigenvalue weighted by Gasteiger charge is 2.17. The van der Waals surface area contributed by atoms with Crippen LogP contribution in [-0.2, 0) is 0 Å². The Morgan fingerprint density at radius 3 is 1.64 bits per heavy atom. The molecule has 44 heavy (non-hydrogen) atoms. The van der Waals surface area contributed by atoms with Gasteiger partial charge >= 0.3 is 0 Å². The fraction of sp³-hybridized carbons (Fsp3) is 0. The number of aromatic nitrogens is 1. The summed E-state index contributed by atoms with van der Waals surface area (Å²) in [4.78, 5) is 0. The van der Waals surface area contributed by atoms with Gasteiger partial charge in [0, 0.05) is 30.9 Å². The average Bonchev–Trinajstić information content (AvgIpc) is 3.64. The van der Waals surface area contributed by atoms with Gasteiger partial charge in [0.15, 0.2) is 0 Å². The van der Waals surface area contributed by atoms with E-state index in [2.05, 4.69) is 168 Å². The average molecular weight is 578 g/mol. The van der Waals surface area contributed by atoms with Crippen molar-refractivity contribution in [1.29, 1.82) is 0 Å². The highest BCUT2D eigenvalue weighted by Crippen LogP contribution is 2.42. The molecule has 0 radical (unpaired) electrons. The molecule has 0 atom stereocenters. The molecule has 0 unspecified atom stereocenters. The largest absolute Gasteiger partial charge is 0.309 e. The summed E-state index contributed by atoms with van der Waals surface area (Å²) >= 11 is 1.87. The van der Waals surface area contributed by atoms with Crippen LogP contribution in [-0.4, -0.2) is 4.57 Å². The SMILES string of the molecule is c1ccc(-c2cc(-c3ccccc3)cc(-c3ccc4c5ccccc5n(-c5cccc6sc7ccccc7c56)c4c3)c2)cc1. The van der Waals surface area contributed by atoms with Crippen molar-refractivity contribution in [2.24, 2.45) is 0 Å². The zero-order chi connectivity index (χ0) is 29.0. The molecule has 0 saturated heterocycles. The van der Waals surface area contributed by atoms with E-state index in [9.17, 15) is 0 Å². The molecular formula is C42H27NS. The molecule has 0 aliphatic carbocycles. The monoisotopic (exact) mass is 577 g/mol. The van der Waals surface area contributed by atoms with Gasteiger partial charge in [0.1, 0.15) is 0 Å². The Bertz CT molecular complexity index is 2420. The molecule has 0 bridgehead atoms. The van der Waals surface area contributed by atoms with Gasteiger partial charge in [0.25, 0.3) is 0 Å². The Morgan fingerprint density at radius 1 is 0.341 bits per heavy atom. The van der Waals surface area contributed by atoms with E-state index in [1.54, 1.807) is 0 Å². The molecule has 9 aromatic rings. The van der Waals surface area contributed by atoms with E-state index < -0.39 is 0 Å². The third kappa shape index (κ3) is 4.00. The molecule has 0 fully saturated rings. The summed E-state index contributed by atoms with van der Waals surface area (Å²) < 4.78 is 5.12. The van der Waals surface area contributed by atoms with Crippen molar-refractivity contribution in [1.82, 2.24) is 4.57 Å². The highest BCUT2D eigenvalue weighted by molar-refractivity contribution is 7.25. The molecule has 2 heterocycles. The summed E-state index contributed by atoms with van der Waals surface area (Å²) in [5, 5.41) is 5.17. The highest BCUT2D eigenvalue weighted by atomic mass is 32.1. The van der Waals surface area contributed by atoms with Crippen molar-refractivity contribution < 1.29 is 0 Å². The van der Waals surface area contributed by atoms with Gasteiger partial charge in [-0.1, -0.05) is 115 Å². The molecule has 206 valence electrons. The molecule has 2 aromatic heterocycles. The van der Waals surface area contributed by atoms with Gasteiger partial charge in [-0.05, 0) is 81.9 Å². The van der Waals surface area contributed by atoms with E-state index in [1.807, 2.05) is 11.3 Å².